The molecule has 4 heterocycles. The zero-order chi connectivity index (χ0) is 17.1. The van der Waals surface area contributed by atoms with E-state index in [4.69, 9.17) is 19.0 Å². The molecule has 1 saturated heterocycles. The van der Waals surface area contributed by atoms with Crippen molar-refractivity contribution in [2.24, 2.45) is 0 Å². The maximum absolute atomic E-state index is 5.64. The van der Waals surface area contributed by atoms with Gasteiger partial charge >= 0.3 is 0 Å². The third kappa shape index (κ3) is 2.12. The van der Waals surface area contributed by atoms with E-state index >= 15 is 0 Å². The topological polar surface area (TPSA) is 89.4 Å². The Labute approximate surface area is 143 Å². The molecule has 1 aliphatic heterocycles. The minimum Gasteiger partial charge on any atom is -0.496 e. The summed E-state index contributed by atoms with van der Waals surface area (Å²) in [4.78, 5) is 12.6. The second-order valence-corrected chi connectivity index (χ2v) is 6.23. The largest absolute Gasteiger partial charge is 0.496 e. The zero-order valence-electron chi connectivity index (χ0n) is 14.1. The summed E-state index contributed by atoms with van der Waals surface area (Å²) in [7, 11) is 1.66. The summed E-state index contributed by atoms with van der Waals surface area (Å²) in [6, 6.07) is 3.98. The summed E-state index contributed by atoms with van der Waals surface area (Å²) >= 11 is 0. The second-order valence-electron chi connectivity index (χ2n) is 6.23. The minimum absolute atomic E-state index is 0.0749. The number of ether oxygens (including phenoxy) is 2. The lowest BCUT2D eigenvalue weighted by Gasteiger charge is -2.10. The molecule has 0 radical (unpaired) electrons. The molecule has 1 unspecified atom stereocenters. The number of pyridine rings is 1. The van der Waals surface area contributed by atoms with Gasteiger partial charge in [-0.25, -0.2) is 4.98 Å². The summed E-state index contributed by atoms with van der Waals surface area (Å²) in [5, 5.41) is 4.98. The first-order valence-corrected chi connectivity index (χ1v) is 8.07. The van der Waals surface area contributed by atoms with E-state index in [0.29, 0.717) is 6.61 Å². The van der Waals surface area contributed by atoms with Crippen LogP contribution in [0.3, 0.4) is 0 Å². The Morgan fingerprint density at radius 2 is 2.12 bits per heavy atom. The Balaban J connectivity index is 1.79. The molecular formula is C18H16N4O3. The van der Waals surface area contributed by atoms with Crippen molar-refractivity contribution in [3.05, 3.63) is 35.6 Å². The Morgan fingerprint density at radius 1 is 1.28 bits per heavy atom. The zero-order valence-corrected chi connectivity index (χ0v) is 14.1. The molecule has 126 valence electrons. The van der Waals surface area contributed by atoms with E-state index in [1.807, 2.05) is 26.0 Å². The van der Waals surface area contributed by atoms with E-state index in [0.717, 1.165) is 56.1 Å². The fourth-order valence-corrected chi connectivity index (χ4v) is 3.29. The van der Waals surface area contributed by atoms with E-state index < -0.39 is 0 Å². The summed E-state index contributed by atoms with van der Waals surface area (Å²) in [5.41, 5.74) is 5.29. The van der Waals surface area contributed by atoms with Crippen LogP contribution in [0, 0.1) is 13.8 Å². The number of aromatic amines is 1. The number of benzene rings is 1. The number of hydrogen-bond donors (Lipinski definition) is 1. The van der Waals surface area contributed by atoms with Crippen LogP contribution in [-0.4, -0.2) is 33.8 Å². The van der Waals surface area contributed by atoms with Gasteiger partial charge in [0.15, 0.2) is 0 Å². The van der Waals surface area contributed by atoms with Crippen LogP contribution in [0.25, 0.3) is 33.1 Å². The molecule has 4 aromatic rings. The van der Waals surface area contributed by atoms with Crippen LogP contribution in [0.4, 0.5) is 0 Å². The highest BCUT2D eigenvalue weighted by molar-refractivity contribution is 6.04. The number of H-pyrrole nitrogens is 1. The molecule has 1 atom stereocenters. The molecule has 0 spiro atoms. The van der Waals surface area contributed by atoms with Gasteiger partial charge in [-0.3, -0.25) is 4.98 Å². The molecule has 1 fully saturated rings. The van der Waals surface area contributed by atoms with Crippen LogP contribution >= 0.6 is 0 Å². The van der Waals surface area contributed by atoms with E-state index in [2.05, 4.69) is 15.1 Å². The van der Waals surface area contributed by atoms with Crippen molar-refractivity contribution < 1.29 is 14.0 Å². The molecule has 1 N–H and O–H groups in total. The van der Waals surface area contributed by atoms with Gasteiger partial charge < -0.3 is 19.0 Å². The number of imidazole rings is 1. The highest BCUT2D eigenvalue weighted by atomic mass is 16.6. The van der Waals surface area contributed by atoms with Gasteiger partial charge in [0.2, 0.25) is 0 Å². The maximum atomic E-state index is 5.64. The van der Waals surface area contributed by atoms with Crippen LogP contribution in [0.1, 0.15) is 23.4 Å². The number of aryl methyl sites for hydroxylation is 2. The fourth-order valence-electron chi connectivity index (χ4n) is 3.29. The van der Waals surface area contributed by atoms with Crippen molar-refractivity contribution in [1.29, 1.82) is 0 Å². The number of fused-ring (bicyclic) bond motifs is 3. The summed E-state index contributed by atoms with van der Waals surface area (Å²) < 4.78 is 16.3. The average molecular weight is 336 g/mol. The van der Waals surface area contributed by atoms with Crippen LogP contribution < -0.4 is 4.74 Å². The predicted molar refractivity (Wildman–Crippen MR) is 91.6 cm³/mol. The van der Waals surface area contributed by atoms with Gasteiger partial charge in [-0.1, -0.05) is 5.16 Å². The number of hydrogen-bond acceptors (Lipinski definition) is 6. The van der Waals surface area contributed by atoms with Crippen molar-refractivity contribution in [2.75, 3.05) is 13.7 Å². The monoisotopic (exact) mass is 336 g/mol. The molecule has 7 heteroatoms. The number of methoxy groups -OCH3 is 1. The highest BCUT2D eigenvalue weighted by Gasteiger charge is 2.28. The Hall–Kier alpha value is -2.93. The van der Waals surface area contributed by atoms with Crippen LogP contribution in [0.2, 0.25) is 0 Å². The molecule has 0 aliphatic carbocycles. The molecule has 0 saturated carbocycles. The molecule has 25 heavy (non-hydrogen) atoms. The first-order chi connectivity index (χ1) is 12.2. The third-order valence-electron chi connectivity index (χ3n) is 4.60. The van der Waals surface area contributed by atoms with Gasteiger partial charge in [0.05, 0.1) is 47.7 Å². The summed E-state index contributed by atoms with van der Waals surface area (Å²) in [5.74, 6) is 2.34. The van der Waals surface area contributed by atoms with Gasteiger partial charge in [0, 0.05) is 10.9 Å². The Kier molecular flexibility index (Phi) is 2.90. The van der Waals surface area contributed by atoms with Crippen molar-refractivity contribution in [2.45, 2.75) is 20.0 Å². The smallest absolute Gasteiger partial charge is 0.141 e. The molecule has 7 nitrogen and oxygen atoms in total. The van der Waals surface area contributed by atoms with Gasteiger partial charge in [0.25, 0.3) is 0 Å². The van der Waals surface area contributed by atoms with Gasteiger partial charge in [-0.15, -0.1) is 0 Å². The number of aromatic nitrogens is 4. The lowest BCUT2D eigenvalue weighted by Crippen LogP contribution is -1.92. The SMILES string of the molecule is COc1cc2c(cc1-c1c(C)noc1C)ncc1[nH]c(C3CO3)nc12. The molecule has 5 rings (SSSR count). The highest BCUT2D eigenvalue weighted by Crippen LogP contribution is 2.39. The van der Waals surface area contributed by atoms with Crippen LogP contribution in [0.15, 0.2) is 22.9 Å². The lowest BCUT2D eigenvalue weighted by atomic mass is 10.0. The maximum Gasteiger partial charge on any atom is 0.141 e. The minimum atomic E-state index is 0.0749. The number of epoxide rings is 1. The molecular weight excluding hydrogens is 320 g/mol. The second kappa shape index (κ2) is 5.03. The van der Waals surface area contributed by atoms with Gasteiger partial charge in [0.1, 0.15) is 23.4 Å². The standard InChI is InChI=1S/C18H16N4O3/c1-8-16(9(2)25-22-8)11-4-12-10(5-14(11)23-3)17-13(6-19-12)20-18(21-17)15-7-24-15/h4-6,15H,7H2,1-3H3,(H,20,21). The quantitative estimate of drug-likeness (QED) is 0.576. The number of nitrogens with one attached hydrogen (secondary N) is 1. The normalized spacial score (nSPS) is 16.7. The van der Waals surface area contributed by atoms with Crippen molar-refractivity contribution >= 4 is 21.9 Å². The molecule has 0 amide bonds. The fraction of sp³-hybridized carbons (Fsp3) is 0.278. The van der Waals surface area contributed by atoms with E-state index in [-0.39, 0.29) is 6.10 Å². The molecule has 3 aromatic heterocycles. The molecule has 1 aromatic carbocycles. The lowest BCUT2D eigenvalue weighted by molar-refractivity contribution is 0.393. The summed E-state index contributed by atoms with van der Waals surface area (Å²) in [6.07, 6.45) is 1.88. The van der Waals surface area contributed by atoms with Gasteiger partial charge in [-0.05, 0) is 26.0 Å². The predicted octanol–water partition coefficient (Wildman–Crippen LogP) is 3.46. The first kappa shape index (κ1) is 14.4. The molecule has 1 aliphatic rings. The van der Waals surface area contributed by atoms with E-state index in [1.165, 1.54) is 0 Å². The van der Waals surface area contributed by atoms with Crippen molar-refractivity contribution in [1.82, 2.24) is 20.1 Å². The first-order valence-electron chi connectivity index (χ1n) is 8.07. The Bertz CT molecular complexity index is 1100. The van der Waals surface area contributed by atoms with E-state index in [1.54, 1.807) is 13.3 Å². The van der Waals surface area contributed by atoms with Crippen LogP contribution in [-0.2, 0) is 4.74 Å². The van der Waals surface area contributed by atoms with Crippen LogP contribution in [0.5, 0.6) is 5.75 Å². The molecule has 0 bridgehead atoms. The number of nitrogens with zero attached hydrogens (tertiary/aromatic N) is 3. The van der Waals surface area contributed by atoms with Crippen molar-refractivity contribution in [3.8, 4) is 16.9 Å². The van der Waals surface area contributed by atoms with E-state index in [9.17, 15) is 0 Å². The third-order valence-corrected chi connectivity index (χ3v) is 4.60. The average Bonchev–Trinajstić information content (AvgIpc) is 3.29. The summed E-state index contributed by atoms with van der Waals surface area (Å²) in [6.45, 7) is 4.53. The van der Waals surface area contributed by atoms with Gasteiger partial charge in [-0.2, -0.15) is 0 Å². The van der Waals surface area contributed by atoms with Crippen molar-refractivity contribution in [3.63, 3.8) is 0 Å². The Morgan fingerprint density at radius 3 is 2.80 bits per heavy atom. The number of rotatable bonds is 3.